The predicted octanol–water partition coefficient (Wildman–Crippen LogP) is 4.12. The van der Waals surface area contributed by atoms with E-state index in [4.69, 9.17) is 0 Å². The highest BCUT2D eigenvalue weighted by Gasteiger charge is 2.39. The van der Waals surface area contributed by atoms with Gasteiger partial charge in [-0.3, -0.25) is 4.79 Å². The molecule has 1 heterocycles. The maximum absolute atomic E-state index is 13.2. The largest absolute Gasteiger partial charge is 0.338 e. The number of rotatable bonds is 8. The van der Waals surface area contributed by atoms with Crippen LogP contribution in [0.25, 0.3) is 0 Å². The van der Waals surface area contributed by atoms with E-state index in [2.05, 4.69) is 55.8 Å². The van der Waals surface area contributed by atoms with Gasteiger partial charge in [-0.05, 0) is 43.3 Å². The topological polar surface area (TPSA) is 64.7 Å². The molecule has 3 atom stereocenters. The van der Waals surface area contributed by atoms with Gasteiger partial charge in [-0.25, -0.2) is 9.10 Å². The van der Waals surface area contributed by atoms with Gasteiger partial charge in [0.1, 0.15) is 6.04 Å². The van der Waals surface area contributed by atoms with Crippen molar-refractivity contribution in [1.82, 2.24) is 19.8 Å². The summed E-state index contributed by atoms with van der Waals surface area (Å²) in [6.45, 7) is 19.2. The Labute approximate surface area is 183 Å². The number of nitrogens with one attached hydrogen (secondary N) is 2. The van der Waals surface area contributed by atoms with Crippen LogP contribution in [0.3, 0.4) is 0 Å². The fourth-order valence-corrected chi connectivity index (χ4v) is 4.32. The minimum atomic E-state index is -0.545. The number of hydrogen-bond acceptors (Lipinski definition) is 4. The minimum absolute atomic E-state index is 0.0251. The highest BCUT2D eigenvalue weighted by Crippen LogP contribution is 2.26. The van der Waals surface area contributed by atoms with E-state index in [1.54, 1.807) is 11.9 Å². The Kier molecular flexibility index (Phi) is 9.80. The third-order valence-corrected chi connectivity index (χ3v) is 6.54. The molecule has 1 fully saturated rings. The van der Waals surface area contributed by atoms with E-state index in [1.165, 1.54) is 0 Å². The summed E-state index contributed by atoms with van der Waals surface area (Å²) < 4.78 is 2.29. The number of carbonyl (C=O) groups excluding carboxylic acids is 2. The van der Waals surface area contributed by atoms with Gasteiger partial charge in [-0.1, -0.05) is 60.4 Å². The van der Waals surface area contributed by atoms with E-state index in [-0.39, 0.29) is 34.9 Å². The zero-order valence-electron chi connectivity index (χ0n) is 20.1. The Bertz CT molecular complexity index is 542. The van der Waals surface area contributed by atoms with E-state index in [9.17, 15) is 9.59 Å². The molecule has 7 heteroatoms. The monoisotopic (exact) mass is 428 g/mol. The normalized spacial score (nSPS) is 19.9. The lowest BCUT2D eigenvalue weighted by atomic mass is 9.85. The Hall–Kier alpha value is -0.950. The third-order valence-electron chi connectivity index (χ3n) is 5.69. The Morgan fingerprint density at radius 3 is 2.17 bits per heavy atom. The molecule has 0 bridgehead atoms. The average Bonchev–Trinajstić information content (AvgIpc) is 3.02. The maximum atomic E-state index is 13.2. The minimum Gasteiger partial charge on any atom is -0.338 e. The zero-order chi connectivity index (χ0) is 22.4. The number of urea groups is 1. The van der Waals surface area contributed by atoms with Gasteiger partial charge in [-0.2, -0.15) is 0 Å². The molecule has 0 spiro atoms. The molecule has 0 aromatic carbocycles. The first kappa shape index (κ1) is 26.1. The second kappa shape index (κ2) is 10.9. The van der Waals surface area contributed by atoms with Gasteiger partial charge >= 0.3 is 6.03 Å². The molecule has 6 nitrogen and oxygen atoms in total. The van der Waals surface area contributed by atoms with Crippen molar-refractivity contribution in [2.24, 2.45) is 10.8 Å². The van der Waals surface area contributed by atoms with Gasteiger partial charge in [0.25, 0.3) is 0 Å². The molecular formula is C22H44N4O2S. The van der Waals surface area contributed by atoms with Crippen molar-refractivity contribution in [3.8, 4) is 0 Å². The molecule has 170 valence electrons. The van der Waals surface area contributed by atoms with Gasteiger partial charge < -0.3 is 15.5 Å². The summed E-state index contributed by atoms with van der Waals surface area (Å²) in [5, 5.41) is 6.18. The molecule has 2 N–H and O–H groups in total. The molecule has 0 aromatic rings. The van der Waals surface area contributed by atoms with E-state index in [1.807, 2.05) is 25.7 Å². The van der Waals surface area contributed by atoms with Crippen LogP contribution in [0, 0.1) is 10.8 Å². The number of nitrogens with zero attached hydrogens (tertiary/aromatic N) is 2. The van der Waals surface area contributed by atoms with Crippen LogP contribution in [-0.4, -0.2) is 65.2 Å². The molecule has 3 amide bonds. The van der Waals surface area contributed by atoms with E-state index < -0.39 is 6.04 Å². The smallest absolute Gasteiger partial charge is 0.315 e. The summed E-state index contributed by atoms with van der Waals surface area (Å²) in [6.07, 6.45) is 5.20. The summed E-state index contributed by atoms with van der Waals surface area (Å²) in [4.78, 5) is 28.1. The van der Waals surface area contributed by atoms with Crippen molar-refractivity contribution >= 4 is 23.9 Å². The van der Waals surface area contributed by atoms with Crippen molar-refractivity contribution in [3.05, 3.63) is 0 Å². The number of carbonyl (C=O) groups is 2. The Morgan fingerprint density at radius 1 is 1.14 bits per heavy atom. The number of amides is 3. The molecule has 0 aromatic heterocycles. The van der Waals surface area contributed by atoms with Crippen molar-refractivity contribution < 1.29 is 9.59 Å². The van der Waals surface area contributed by atoms with Crippen LogP contribution in [0.5, 0.6) is 0 Å². The summed E-state index contributed by atoms with van der Waals surface area (Å²) >= 11 is 1.71. The van der Waals surface area contributed by atoms with Crippen molar-refractivity contribution in [3.63, 3.8) is 0 Å². The Morgan fingerprint density at radius 2 is 1.76 bits per heavy atom. The molecule has 1 aliphatic heterocycles. The summed E-state index contributed by atoms with van der Waals surface area (Å²) in [6, 6.07) is -0.592. The van der Waals surface area contributed by atoms with Crippen LogP contribution in [0.2, 0.25) is 0 Å². The van der Waals surface area contributed by atoms with E-state index in [0.29, 0.717) is 0 Å². The van der Waals surface area contributed by atoms with Crippen LogP contribution in [-0.2, 0) is 4.79 Å². The van der Waals surface area contributed by atoms with Crippen molar-refractivity contribution in [2.45, 2.75) is 92.8 Å². The number of hydrogen-bond donors (Lipinski definition) is 2. The standard InChI is InChI=1S/C22H44N4O2S/c1-10-13-25(29-9)15-17(21(3,4)5)23-20(28)24-18(22(6,7)8)19(27)26-14-11-12-16(26)2/h16-18H,10-15H2,1-9H3,(H2,23,24,28). The van der Waals surface area contributed by atoms with Gasteiger partial charge in [0.15, 0.2) is 0 Å². The fourth-order valence-electron chi connectivity index (χ4n) is 3.65. The lowest BCUT2D eigenvalue weighted by molar-refractivity contribution is -0.136. The van der Waals surface area contributed by atoms with Crippen LogP contribution >= 0.6 is 11.9 Å². The number of likely N-dealkylation sites (tertiary alicyclic amines) is 1. The maximum Gasteiger partial charge on any atom is 0.315 e. The first-order chi connectivity index (χ1) is 13.3. The molecule has 0 aliphatic carbocycles. The first-order valence-corrected chi connectivity index (χ1v) is 12.2. The molecular weight excluding hydrogens is 384 g/mol. The third kappa shape index (κ3) is 8.00. The van der Waals surface area contributed by atoms with E-state index in [0.717, 1.165) is 38.9 Å². The summed E-state index contributed by atoms with van der Waals surface area (Å²) in [7, 11) is 0. The van der Waals surface area contributed by atoms with Crippen LogP contribution in [0.4, 0.5) is 4.79 Å². The van der Waals surface area contributed by atoms with Crippen LogP contribution in [0.15, 0.2) is 0 Å². The Balaban J connectivity index is 2.90. The molecule has 1 saturated heterocycles. The molecule has 1 aliphatic rings. The predicted molar refractivity (Wildman–Crippen MR) is 124 cm³/mol. The molecule has 29 heavy (non-hydrogen) atoms. The molecule has 0 radical (unpaired) electrons. The lowest BCUT2D eigenvalue weighted by Crippen LogP contribution is -2.60. The zero-order valence-corrected chi connectivity index (χ0v) is 20.9. The van der Waals surface area contributed by atoms with E-state index >= 15 is 0 Å². The van der Waals surface area contributed by atoms with Crippen molar-refractivity contribution in [1.29, 1.82) is 0 Å². The SMILES string of the molecule is CCCN(CC(NC(=O)NC(C(=O)N1CCCC1C)C(C)(C)C)C(C)(C)C)SC. The summed E-state index contributed by atoms with van der Waals surface area (Å²) in [5.41, 5.74) is -0.453. The van der Waals surface area contributed by atoms with Crippen LogP contribution < -0.4 is 10.6 Å². The fraction of sp³-hybridized carbons (Fsp3) is 0.909. The quantitative estimate of drug-likeness (QED) is 0.571. The van der Waals surface area contributed by atoms with Gasteiger partial charge in [0, 0.05) is 31.7 Å². The molecule has 3 unspecified atom stereocenters. The van der Waals surface area contributed by atoms with Crippen LogP contribution in [0.1, 0.15) is 74.7 Å². The van der Waals surface area contributed by atoms with Gasteiger partial charge in [0.2, 0.25) is 5.91 Å². The molecule has 0 saturated carbocycles. The second-order valence-electron chi connectivity index (χ2n) is 10.4. The lowest BCUT2D eigenvalue weighted by Gasteiger charge is -2.38. The van der Waals surface area contributed by atoms with Gasteiger partial charge in [-0.15, -0.1) is 0 Å². The molecule has 1 rings (SSSR count). The second-order valence-corrected chi connectivity index (χ2v) is 11.3. The highest BCUT2D eigenvalue weighted by atomic mass is 32.2. The highest BCUT2D eigenvalue weighted by molar-refractivity contribution is 7.96. The average molecular weight is 429 g/mol. The summed E-state index contributed by atoms with van der Waals surface area (Å²) in [5.74, 6) is 0.0293. The van der Waals surface area contributed by atoms with Gasteiger partial charge in [0.05, 0.1) is 0 Å². The van der Waals surface area contributed by atoms with Crippen molar-refractivity contribution in [2.75, 3.05) is 25.9 Å². The first-order valence-electron chi connectivity index (χ1n) is 11.0.